The Morgan fingerprint density at radius 2 is 2.29 bits per heavy atom. The molecule has 0 radical (unpaired) electrons. The molecule has 0 bridgehead atoms. The molecule has 0 unspecified atom stereocenters. The van der Waals surface area contributed by atoms with E-state index >= 15 is 0 Å². The normalized spacial score (nSPS) is 13.0. The van der Waals surface area contributed by atoms with Crippen LogP contribution in [0, 0.1) is 0 Å². The standard InChI is InChI=1S/C10H10ClNO2/c1-6(4-12)7-2-8(11)10-9(3-7)13-5-14-10/h2-3H,1,4-5,12H2. The Labute approximate surface area is 87.1 Å². The van der Waals surface area contributed by atoms with Crippen LogP contribution in [-0.2, 0) is 0 Å². The maximum absolute atomic E-state index is 5.99. The Hall–Kier alpha value is -1.19. The van der Waals surface area contributed by atoms with Crippen molar-refractivity contribution in [2.24, 2.45) is 5.73 Å². The Kier molecular flexibility index (Phi) is 2.35. The monoisotopic (exact) mass is 211 g/mol. The molecule has 0 aromatic heterocycles. The number of rotatable bonds is 2. The van der Waals surface area contributed by atoms with Gasteiger partial charge in [0.2, 0.25) is 6.79 Å². The quantitative estimate of drug-likeness (QED) is 0.814. The maximum Gasteiger partial charge on any atom is 0.231 e. The number of nitrogens with two attached hydrogens (primary N) is 1. The Balaban J connectivity index is 2.46. The van der Waals surface area contributed by atoms with E-state index in [1.807, 2.05) is 6.07 Å². The molecule has 1 aromatic rings. The fourth-order valence-corrected chi connectivity index (χ4v) is 1.55. The van der Waals surface area contributed by atoms with Gasteiger partial charge in [-0.05, 0) is 23.3 Å². The molecule has 0 saturated heterocycles. The first-order valence-corrected chi connectivity index (χ1v) is 4.57. The summed E-state index contributed by atoms with van der Waals surface area (Å²) in [6.45, 7) is 4.44. The zero-order valence-electron chi connectivity index (χ0n) is 7.55. The van der Waals surface area contributed by atoms with Crippen molar-refractivity contribution >= 4 is 17.2 Å². The molecule has 14 heavy (non-hydrogen) atoms. The highest BCUT2D eigenvalue weighted by Gasteiger charge is 2.18. The van der Waals surface area contributed by atoms with Gasteiger partial charge in [-0.25, -0.2) is 0 Å². The Morgan fingerprint density at radius 1 is 1.50 bits per heavy atom. The average Bonchev–Trinajstić information content (AvgIpc) is 2.64. The zero-order chi connectivity index (χ0) is 10.1. The van der Waals surface area contributed by atoms with Crippen molar-refractivity contribution in [3.05, 3.63) is 29.3 Å². The third kappa shape index (κ3) is 1.45. The van der Waals surface area contributed by atoms with Gasteiger partial charge in [0.05, 0.1) is 5.02 Å². The highest BCUT2D eigenvalue weighted by molar-refractivity contribution is 6.32. The Morgan fingerprint density at radius 3 is 3.00 bits per heavy atom. The number of fused-ring (bicyclic) bond motifs is 1. The summed E-state index contributed by atoms with van der Waals surface area (Å²) in [5.74, 6) is 1.25. The third-order valence-electron chi connectivity index (χ3n) is 2.08. The molecule has 0 spiro atoms. The summed E-state index contributed by atoms with van der Waals surface area (Å²) in [6, 6.07) is 3.62. The summed E-state index contributed by atoms with van der Waals surface area (Å²) < 4.78 is 10.4. The van der Waals surface area contributed by atoms with Gasteiger partial charge < -0.3 is 15.2 Å². The van der Waals surface area contributed by atoms with Crippen molar-refractivity contribution in [2.75, 3.05) is 13.3 Å². The number of hydrogen-bond donors (Lipinski definition) is 1. The fraction of sp³-hybridized carbons (Fsp3) is 0.200. The van der Waals surface area contributed by atoms with Crippen molar-refractivity contribution in [1.29, 1.82) is 0 Å². The summed E-state index contributed by atoms with van der Waals surface area (Å²) in [5.41, 5.74) is 7.20. The summed E-state index contributed by atoms with van der Waals surface area (Å²) in [6.07, 6.45) is 0. The molecule has 2 rings (SSSR count). The van der Waals surface area contributed by atoms with Crippen LogP contribution in [0.4, 0.5) is 0 Å². The van der Waals surface area contributed by atoms with Crippen LogP contribution in [-0.4, -0.2) is 13.3 Å². The van der Waals surface area contributed by atoms with Gasteiger partial charge >= 0.3 is 0 Å². The van der Waals surface area contributed by atoms with Crippen LogP contribution in [0.15, 0.2) is 18.7 Å². The van der Waals surface area contributed by atoms with Gasteiger partial charge in [0.25, 0.3) is 0 Å². The number of ether oxygens (including phenoxy) is 2. The van der Waals surface area contributed by atoms with E-state index in [9.17, 15) is 0 Å². The van der Waals surface area contributed by atoms with Gasteiger partial charge in [0.15, 0.2) is 11.5 Å². The van der Waals surface area contributed by atoms with E-state index in [0.717, 1.165) is 11.1 Å². The molecule has 0 atom stereocenters. The van der Waals surface area contributed by atoms with Gasteiger partial charge in [-0.15, -0.1) is 0 Å². The van der Waals surface area contributed by atoms with E-state index in [2.05, 4.69) is 6.58 Å². The molecule has 4 heteroatoms. The SMILES string of the molecule is C=C(CN)c1cc(Cl)c2c(c1)OCO2. The van der Waals surface area contributed by atoms with Crippen molar-refractivity contribution in [1.82, 2.24) is 0 Å². The van der Waals surface area contributed by atoms with E-state index in [0.29, 0.717) is 23.1 Å². The second kappa shape index (κ2) is 3.52. The second-order valence-corrected chi connectivity index (χ2v) is 3.41. The molecule has 0 aliphatic carbocycles. The van der Waals surface area contributed by atoms with Crippen LogP contribution in [0.3, 0.4) is 0 Å². The van der Waals surface area contributed by atoms with Gasteiger partial charge in [-0.2, -0.15) is 0 Å². The van der Waals surface area contributed by atoms with E-state index in [1.54, 1.807) is 6.07 Å². The molecule has 0 saturated carbocycles. The van der Waals surface area contributed by atoms with Gasteiger partial charge in [0.1, 0.15) is 0 Å². The van der Waals surface area contributed by atoms with E-state index in [1.165, 1.54) is 0 Å². The first-order valence-electron chi connectivity index (χ1n) is 4.19. The molecular weight excluding hydrogens is 202 g/mol. The molecule has 3 nitrogen and oxygen atoms in total. The molecule has 1 heterocycles. The van der Waals surface area contributed by atoms with Crippen molar-refractivity contribution in [3.63, 3.8) is 0 Å². The van der Waals surface area contributed by atoms with Gasteiger partial charge in [-0.3, -0.25) is 0 Å². The van der Waals surface area contributed by atoms with Crippen molar-refractivity contribution < 1.29 is 9.47 Å². The first-order chi connectivity index (χ1) is 6.72. The molecule has 0 amide bonds. The summed E-state index contributed by atoms with van der Waals surface area (Å²) in [7, 11) is 0. The number of hydrogen-bond acceptors (Lipinski definition) is 3. The largest absolute Gasteiger partial charge is 0.454 e. The van der Waals surface area contributed by atoms with E-state index < -0.39 is 0 Å². The minimum absolute atomic E-state index is 0.216. The highest BCUT2D eigenvalue weighted by atomic mass is 35.5. The minimum atomic E-state index is 0.216. The fourth-order valence-electron chi connectivity index (χ4n) is 1.29. The number of halogens is 1. The average molecular weight is 212 g/mol. The predicted octanol–water partition coefficient (Wildman–Crippen LogP) is 2.04. The lowest BCUT2D eigenvalue weighted by Crippen LogP contribution is -2.00. The Bertz CT molecular complexity index is 390. The van der Waals surface area contributed by atoms with Crippen LogP contribution in [0.2, 0.25) is 5.02 Å². The van der Waals surface area contributed by atoms with Crippen LogP contribution in [0.25, 0.3) is 5.57 Å². The van der Waals surface area contributed by atoms with Crippen LogP contribution < -0.4 is 15.2 Å². The lowest BCUT2D eigenvalue weighted by Gasteiger charge is -2.05. The topological polar surface area (TPSA) is 44.5 Å². The van der Waals surface area contributed by atoms with Crippen LogP contribution in [0.1, 0.15) is 5.56 Å². The minimum Gasteiger partial charge on any atom is -0.454 e. The number of benzene rings is 1. The molecule has 1 aromatic carbocycles. The molecule has 74 valence electrons. The molecule has 1 aliphatic heterocycles. The lowest BCUT2D eigenvalue weighted by molar-refractivity contribution is 0.174. The molecular formula is C10H10ClNO2. The van der Waals surface area contributed by atoms with Gasteiger partial charge in [0, 0.05) is 6.54 Å². The molecule has 1 aliphatic rings. The summed E-state index contributed by atoms with van der Waals surface area (Å²) in [4.78, 5) is 0. The zero-order valence-corrected chi connectivity index (χ0v) is 8.30. The van der Waals surface area contributed by atoms with Crippen molar-refractivity contribution in [2.45, 2.75) is 0 Å². The molecule has 0 fully saturated rings. The molecule has 2 N–H and O–H groups in total. The predicted molar refractivity (Wildman–Crippen MR) is 55.7 cm³/mol. The summed E-state index contributed by atoms with van der Waals surface area (Å²) >= 11 is 5.99. The first kappa shape index (κ1) is 9.37. The third-order valence-corrected chi connectivity index (χ3v) is 2.36. The maximum atomic E-state index is 5.99. The van der Waals surface area contributed by atoms with E-state index in [4.69, 9.17) is 26.8 Å². The van der Waals surface area contributed by atoms with E-state index in [-0.39, 0.29) is 6.79 Å². The smallest absolute Gasteiger partial charge is 0.231 e. The lowest BCUT2D eigenvalue weighted by atomic mass is 10.1. The van der Waals surface area contributed by atoms with Crippen LogP contribution >= 0.6 is 11.6 Å². The summed E-state index contributed by atoms with van der Waals surface area (Å²) in [5, 5.41) is 0.532. The van der Waals surface area contributed by atoms with Gasteiger partial charge in [-0.1, -0.05) is 18.2 Å². The highest BCUT2D eigenvalue weighted by Crippen LogP contribution is 2.40. The van der Waals surface area contributed by atoms with Crippen molar-refractivity contribution in [3.8, 4) is 11.5 Å². The van der Waals surface area contributed by atoms with Crippen LogP contribution in [0.5, 0.6) is 11.5 Å². The second-order valence-electron chi connectivity index (χ2n) is 3.00.